The highest BCUT2D eigenvalue weighted by Crippen LogP contribution is 2.60. The predicted octanol–water partition coefficient (Wildman–Crippen LogP) is 2.89. The summed E-state index contributed by atoms with van der Waals surface area (Å²) in [5, 5.41) is 12.9. The molecule has 1 aromatic carbocycles. The topological polar surface area (TPSA) is 69.6 Å². The van der Waals surface area contributed by atoms with Gasteiger partial charge in [-0.1, -0.05) is 18.2 Å². The van der Waals surface area contributed by atoms with Crippen molar-refractivity contribution in [2.24, 2.45) is 29.4 Å². The molecule has 4 saturated carbocycles. The molecule has 0 aliphatic heterocycles. The molecule has 0 radical (unpaired) electrons. The van der Waals surface area contributed by atoms with Crippen LogP contribution in [0.2, 0.25) is 0 Å². The maximum atomic E-state index is 7.13. The van der Waals surface area contributed by atoms with Gasteiger partial charge in [-0.05, 0) is 91.2 Å². The van der Waals surface area contributed by atoms with Crippen LogP contribution in [0.4, 0.5) is 0 Å². The Hall–Kier alpha value is -1.75. The van der Waals surface area contributed by atoms with Crippen LogP contribution in [0.15, 0.2) is 18.2 Å². The van der Waals surface area contributed by atoms with Crippen LogP contribution >= 0.6 is 0 Å². The molecule has 0 unspecified atom stereocenters. The van der Waals surface area contributed by atoms with Crippen LogP contribution in [0, 0.1) is 37.5 Å². The van der Waals surface area contributed by atoms with Gasteiger partial charge in [0.15, 0.2) is 5.82 Å². The molecule has 5 nitrogen and oxygen atoms in total. The Bertz CT molecular complexity index is 745. The molecular formula is C19H25N5. The fourth-order valence-electron chi connectivity index (χ4n) is 6.08. The summed E-state index contributed by atoms with van der Waals surface area (Å²) in [6, 6.07) is 6.32. The summed E-state index contributed by atoms with van der Waals surface area (Å²) in [5.41, 5.74) is 10.2. The molecular weight excluding hydrogens is 298 g/mol. The molecule has 4 bridgehead atoms. The Balaban J connectivity index is 1.65. The third kappa shape index (κ3) is 1.82. The van der Waals surface area contributed by atoms with Crippen molar-refractivity contribution >= 4 is 0 Å². The Kier molecular flexibility index (Phi) is 2.97. The summed E-state index contributed by atoms with van der Waals surface area (Å²) in [6.07, 6.45) is 6.43. The van der Waals surface area contributed by atoms with Gasteiger partial charge in [0.25, 0.3) is 0 Å². The maximum Gasteiger partial charge on any atom is 0.177 e. The summed E-state index contributed by atoms with van der Waals surface area (Å²) in [5.74, 6) is 3.71. The van der Waals surface area contributed by atoms with Crippen LogP contribution in [0.25, 0.3) is 5.69 Å². The molecule has 2 aromatic rings. The Morgan fingerprint density at radius 2 is 1.58 bits per heavy atom. The van der Waals surface area contributed by atoms with E-state index >= 15 is 0 Å². The second-order valence-corrected chi connectivity index (χ2v) is 8.39. The number of rotatable bonds is 2. The number of hydrogen-bond donors (Lipinski definition) is 1. The third-order valence-electron chi connectivity index (χ3n) is 7.00. The molecule has 0 amide bonds. The van der Waals surface area contributed by atoms with Gasteiger partial charge in [-0.2, -0.15) is 4.68 Å². The molecule has 1 heterocycles. The highest BCUT2D eigenvalue weighted by atomic mass is 15.6. The van der Waals surface area contributed by atoms with Gasteiger partial charge in [-0.3, -0.25) is 0 Å². The lowest BCUT2D eigenvalue weighted by atomic mass is 9.48. The van der Waals surface area contributed by atoms with Crippen molar-refractivity contribution in [1.29, 1.82) is 0 Å². The summed E-state index contributed by atoms with van der Waals surface area (Å²) < 4.78 is 1.94. The first-order chi connectivity index (χ1) is 11.6. The van der Waals surface area contributed by atoms with Crippen LogP contribution in [0.5, 0.6) is 0 Å². The van der Waals surface area contributed by atoms with Crippen LogP contribution in [-0.4, -0.2) is 20.2 Å². The lowest BCUT2D eigenvalue weighted by Gasteiger charge is -2.58. The molecule has 4 aliphatic rings. The van der Waals surface area contributed by atoms with E-state index in [9.17, 15) is 0 Å². The van der Waals surface area contributed by atoms with Crippen molar-refractivity contribution in [2.75, 3.05) is 0 Å². The molecule has 0 saturated heterocycles. The zero-order chi connectivity index (χ0) is 16.5. The first kappa shape index (κ1) is 14.6. The normalized spacial score (nSPS) is 37.1. The zero-order valence-corrected chi connectivity index (χ0v) is 14.4. The standard InChI is InChI=1S/C19H25N5/c1-11-4-3-5-12(2)17(11)24-18(21-22-23-24)19(20)15-7-13-6-14(9-15)10-16(19)8-13/h3-5,13-16H,6-10,20H2,1-2H3. The number of para-hydroxylation sites is 1. The SMILES string of the molecule is Cc1cccc(C)c1-n1nnnc1C1(N)C2CC3CC(C2)CC1C3. The highest BCUT2D eigenvalue weighted by Gasteiger charge is 2.58. The van der Waals surface area contributed by atoms with Gasteiger partial charge < -0.3 is 5.73 Å². The first-order valence-electron chi connectivity index (χ1n) is 9.21. The Morgan fingerprint density at radius 1 is 1.00 bits per heavy atom. The molecule has 4 fully saturated rings. The summed E-state index contributed by atoms with van der Waals surface area (Å²) in [4.78, 5) is 0. The average molecular weight is 323 g/mol. The monoisotopic (exact) mass is 323 g/mol. The smallest absolute Gasteiger partial charge is 0.177 e. The minimum Gasteiger partial charge on any atom is -0.318 e. The van der Waals surface area contributed by atoms with Crippen LogP contribution in [-0.2, 0) is 5.54 Å². The second-order valence-electron chi connectivity index (χ2n) is 8.39. The summed E-state index contributed by atoms with van der Waals surface area (Å²) in [7, 11) is 0. The number of tetrazole rings is 1. The molecule has 6 rings (SSSR count). The van der Waals surface area contributed by atoms with Gasteiger partial charge >= 0.3 is 0 Å². The first-order valence-corrected chi connectivity index (χ1v) is 9.21. The zero-order valence-electron chi connectivity index (χ0n) is 14.4. The van der Waals surface area contributed by atoms with Gasteiger partial charge in [0.2, 0.25) is 0 Å². The Labute approximate surface area is 142 Å². The second kappa shape index (κ2) is 4.88. The largest absolute Gasteiger partial charge is 0.318 e. The fourth-order valence-corrected chi connectivity index (χ4v) is 6.08. The number of nitrogens with two attached hydrogens (primary N) is 1. The van der Waals surface area contributed by atoms with E-state index in [1.165, 1.54) is 43.2 Å². The number of hydrogen-bond acceptors (Lipinski definition) is 4. The van der Waals surface area contributed by atoms with Crippen molar-refractivity contribution in [1.82, 2.24) is 20.2 Å². The minimum atomic E-state index is -0.369. The summed E-state index contributed by atoms with van der Waals surface area (Å²) in [6.45, 7) is 4.24. The number of aromatic nitrogens is 4. The molecule has 5 heteroatoms. The van der Waals surface area contributed by atoms with E-state index in [0.717, 1.165) is 23.3 Å². The number of nitrogens with zero attached hydrogens (tertiary/aromatic N) is 4. The van der Waals surface area contributed by atoms with E-state index in [1.54, 1.807) is 0 Å². The van der Waals surface area contributed by atoms with Crippen molar-refractivity contribution in [3.63, 3.8) is 0 Å². The van der Waals surface area contributed by atoms with E-state index in [0.29, 0.717) is 11.8 Å². The van der Waals surface area contributed by atoms with Gasteiger partial charge in [-0.25, -0.2) is 0 Å². The van der Waals surface area contributed by atoms with Gasteiger partial charge in [0, 0.05) is 0 Å². The number of aryl methyl sites for hydroxylation is 2. The third-order valence-corrected chi connectivity index (χ3v) is 7.00. The molecule has 0 spiro atoms. The fraction of sp³-hybridized carbons (Fsp3) is 0.632. The van der Waals surface area contributed by atoms with Gasteiger partial charge in [-0.15, -0.1) is 5.10 Å². The molecule has 2 N–H and O–H groups in total. The van der Waals surface area contributed by atoms with Gasteiger partial charge in [0.05, 0.1) is 11.2 Å². The van der Waals surface area contributed by atoms with E-state index in [2.05, 4.69) is 47.6 Å². The molecule has 24 heavy (non-hydrogen) atoms. The average Bonchev–Trinajstić information content (AvgIpc) is 3.01. The predicted molar refractivity (Wildman–Crippen MR) is 91.5 cm³/mol. The Morgan fingerprint density at radius 3 is 2.17 bits per heavy atom. The van der Waals surface area contributed by atoms with E-state index < -0.39 is 0 Å². The van der Waals surface area contributed by atoms with E-state index in [4.69, 9.17) is 5.73 Å². The van der Waals surface area contributed by atoms with E-state index in [-0.39, 0.29) is 5.54 Å². The van der Waals surface area contributed by atoms with Crippen LogP contribution in [0.3, 0.4) is 0 Å². The molecule has 4 aliphatic carbocycles. The lowest BCUT2D eigenvalue weighted by molar-refractivity contribution is -0.0633. The van der Waals surface area contributed by atoms with E-state index in [1.807, 2.05) is 4.68 Å². The minimum absolute atomic E-state index is 0.369. The van der Waals surface area contributed by atoms with Crippen molar-refractivity contribution in [3.8, 4) is 5.69 Å². The molecule has 1 aromatic heterocycles. The van der Waals surface area contributed by atoms with Crippen molar-refractivity contribution < 1.29 is 0 Å². The summed E-state index contributed by atoms with van der Waals surface area (Å²) >= 11 is 0. The lowest BCUT2D eigenvalue weighted by Crippen LogP contribution is -2.61. The van der Waals surface area contributed by atoms with Crippen LogP contribution < -0.4 is 5.73 Å². The maximum absolute atomic E-state index is 7.13. The van der Waals surface area contributed by atoms with Crippen LogP contribution in [0.1, 0.15) is 49.1 Å². The van der Waals surface area contributed by atoms with Crippen molar-refractivity contribution in [3.05, 3.63) is 35.2 Å². The quantitative estimate of drug-likeness (QED) is 0.922. The molecule has 126 valence electrons. The number of benzene rings is 1. The van der Waals surface area contributed by atoms with Gasteiger partial charge in [0.1, 0.15) is 0 Å². The van der Waals surface area contributed by atoms with Crippen molar-refractivity contribution in [2.45, 2.75) is 51.5 Å². The molecule has 0 atom stereocenters. The highest BCUT2D eigenvalue weighted by molar-refractivity contribution is 5.47.